The third-order valence-electron chi connectivity index (χ3n) is 7.29. The average molecular weight is 572 g/mol. The molecule has 1 atom stereocenters. The van der Waals surface area contributed by atoms with Crippen LogP contribution in [0.3, 0.4) is 0 Å². The Hall–Kier alpha value is -4.63. The Morgan fingerprint density at radius 2 is 1.76 bits per heavy atom. The topological polar surface area (TPSA) is 86.8 Å². The van der Waals surface area contributed by atoms with Crippen LogP contribution in [0.25, 0.3) is 27.9 Å². The van der Waals surface area contributed by atoms with Gasteiger partial charge in [0.15, 0.2) is 17.0 Å². The lowest BCUT2D eigenvalue weighted by molar-refractivity contribution is -0.614. The highest BCUT2D eigenvalue weighted by molar-refractivity contribution is 6.29. The van der Waals surface area contributed by atoms with Crippen LogP contribution in [0.2, 0.25) is 5.15 Å². The molecule has 1 unspecified atom stereocenters. The van der Waals surface area contributed by atoms with Gasteiger partial charge in [-0.3, -0.25) is 4.79 Å². The predicted molar refractivity (Wildman–Crippen MR) is 151 cm³/mol. The van der Waals surface area contributed by atoms with E-state index >= 15 is 0 Å². The zero-order chi connectivity index (χ0) is 28.5. The Kier molecular flexibility index (Phi) is 7.19. The Labute approximate surface area is 239 Å². The number of fused-ring (bicyclic) bond motifs is 4. The Bertz CT molecular complexity index is 1770. The highest BCUT2D eigenvalue weighted by Gasteiger charge is 2.25. The van der Waals surface area contributed by atoms with Crippen LogP contribution in [0.5, 0.6) is 0 Å². The lowest BCUT2D eigenvalue weighted by atomic mass is 9.87. The summed E-state index contributed by atoms with van der Waals surface area (Å²) in [5.41, 5.74) is 4.69. The van der Waals surface area contributed by atoms with E-state index in [9.17, 15) is 18.8 Å². The van der Waals surface area contributed by atoms with Crippen LogP contribution in [0, 0.1) is 16.8 Å². The number of aromatic nitrogens is 4. The van der Waals surface area contributed by atoms with Gasteiger partial charge in [-0.1, -0.05) is 47.5 Å². The Balaban J connectivity index is 1.43. The molecule has 5 aromatic rings. The van der Waals surface area contributed by atoms with Crippen molar-refractivity contribution in [1.29, 1.82) is 0 Å². The van der Waals surface area contributed by atoms with Crippen molar-refractivity contribution in [1.82, 2.24) is 15.0 Å². The van der Waals surface area contributed by atoms with Crippen LogP contribution < -0.4 is 10.0 Å². The van der Waals surface area contributed by atoms with Gasteiger partial charge in [0, 0.05) is 34.9 Å². The number of carbonyl (C=O) groups excluding carboxylic acids is 1. The van der Waals surface area contributed by atoms with Gasteiger partial charge in [-0.25, -0.2) is 13.5 Å². The number of amides is 1. The molecule has 0 saturated heterocycles. The molecular weight excluding hydrogens is 548 g/mol. The molecule has 3 heterocycles. The summed E-state index contributed by atoms with van der Waals surface area (Å²) in [6.07, 6.45) is 5.19. The molecule has 2 aromatic heterocycles. The molecule has 0 radical (unpaired) electrons. The Morgan fingerprint density at radius 1 is 0.951 bits per heavy atom. The number of rotatable bonds is 3. The minimum Gasteiger partial charge on any atom is -0.618 e. The molecule has 3 aromatic carbocycles. The highest BCUT2D eigenvalue weighted by atomic mass is 35.5. The van der Waals surface area contributed by atoms with E-state index in [1.54, 1.807) is 24.3 Å². The molecule has 1 aliphatic heterocycles. The molecule has 2 bridgehead atoms. The van der Waals surface area contributed by atoms with E-state index in [0.29, 0.717) is 59.4 Å². The van der Waals surface area contributed by atoms with Gasteiger partial charge >= 0.3 is 0 Å². The molecule has 0 spiro atoms. The minimum absolute atomic E-state index is 0.144. The van der Waals surface area contributed by atoms with Gasteiger partial charge in [-0.05, 0) is 66.4 Å². The molecule has 10 heteroatoms. The minimum atomic E-state index is -0.464. The molecule has 0 aliphatic carbocycles. The monoisotopic (exact) mass is 571 g/mol. The number of halogens is 3. The van der Waals surface area contributed by atoms with Crippen LogP contribution in [0.15, 0.2) is 85.2 Å². The van der Waals surface area contributed by atoms with Gasteiger partial charge in [0.25, 0.3) is 0 Å². The van der Waals surface area contributed by atoms with Crippen LogP contribution in [-0.2, 0) is 4.79 Å². The van der Waals surface area contributed by atoms with Crippen LogP contribution in [0.1, 0.15) is 42.9 Å². The molecule has 6 rings (SSSR count). The zero-order valence-electron chi connectivity index (χ0n) is 21.7. The molecule has 206 valence electrons. The van der Waals surface area contributed by atoms with E-state index in [0.717, 1.165) is 15.9 Å². The smallest absolute Gasteiger partial charge is 0.224 e. The van der Waals surface area contributed by atoms with E-state index in [2.05, 4.69) is 15.6 Å². The van der Waals surface area contributed by atoms with E-state index in [1.807, 2.05) is 24.3 Å². The molecule has 1 amide bonds. The lowest BCUT2D eigenvalue weighted by Gasteiger charge is -2.20. The molecule has 7 nitrogen and oxygen atoms in total. The van der Waals surface area contributed by atoms with Gasteiger partial charge in [0.1, 0.15) is 11.6 Å². The van der Waals surface area contributed by atoms with Crippen molar-refractivity contribution in [2.24, 2.45) is 0 Å². The summed E-state index contributed by atoms with van der Waals surface area (Å²) in [6, 6.07) is 19.6. The third-order valence-corrected chi connectivity index (χ3v) is 7.46. The third kappa shape index (κ3) is 5.53. The van der Waals surface area contributed by atoms with Crippen molar-refractivity contribution in [3.63, 3.8) is 0 Å². The molecule has 1 aliphatic rings. The van der Waals surface area contributed by atoms with E-state index in [-0.39, 0.29) is 17.0 Å². The summed E-state index contributed by atoms with van der Waals surface area (Å²) in [7, 11) is 0. The van der Waals surface area contributed by atoms with Crippen LogP contribution in [0.4, 0.5) is 14.5 Å². The highest BCUT2D eigenvalue weighted by Crippen LogP contribution is 2.36. The first kappa shape index (κ1) is 26.6. The maximum absolute atomic E-state index is 14.3. The normalized spacial score (nSPS) is 15.4. The van der Waals surface area contributed by atoms with Crippen molar-refractivity contribution in [3.8, 4) is 27.9 Å². The zero-order valence-corrected chi connectivity index (χ0v) is 22.5. The quantitative estimate of drug-likeness (QED) is 0.190. The number of pyridine rings is 1. The standard InChI is InChI=1S/C31H24ClF2N5O2/c32-30-18-38(37-36-30)28-13-10-23(34)16-26(28)21-8-12-29(39(41)17-21)24-6-1-2-7-31(40)35-27-11-9-22(33)15-25(27)20-5-3-4-19(24)14-20/h3-5,8-18,24H,1-2,6-7H2,(H,35,40). The fourth-order valence-electron chi connectivity index (χ4n) is 5.34. The summed E-state index contributed by atoms with van der Waals surface area (Å²) < 4.78 is 30.8. The molecule has 1 N–H and O–H groups in total. The largest absolute Gasteiger partial charge is 0.618 e. The summed E-state index contributed by atoms with van der Waals surface area (Å²) in [4.78, 5) is 12.6. The second kappa shape index (κ2) is 11.1. The molecule has 41 heavy (non-hydrogen) atoms. The number of hydrogen-bond donors (Lipinski definition) is 1. The molecule has 0 fully saturated rings. The van der Waals surface area contributed by atoms with Crippen molar-refractivity contribution in [2.75, 3.05) is 5.32 Å². The van der Waals surface area contributed by atoms with Gasteiger partial charge in [-0.15, -0.1) is 5.10 Å². The molecule has 0 saturated carbocycles. The summed E-state index contributed by atoms with van der Waals surface area (Å²) in [5, 5.41) is 24.4. The van der Waals surface area contributed by atoms with Crippen LogP contribution in [-0.4, -0.2) is 20.9 Å². The molecular formula is C31H24ClF2N5O2. The first-order valence-corrected chi connectivity index (χ1v) is 13.5. The number of carbonyl (C=O) groups is 1. The predicted octanol–water partition coefficient (Wildman–Crippen LogP) is 6.81. The van der Waals surface area contributed by atoms with Gasteiger partial charge in [0.2, 0.25) is 5.91 Å². The number of hydrogen-bond acceptors (Lipinski definition) is 4. The van der Waals surface area contributed by atoms with Crippen molar-refractivity contribution < 1.29 is 18.3 Å². The SMILES string of the molecule is O=C1CCCCC(c2ccc(-c3cc(F)ccc3-n3cc(Cl)nn3)c[n+]2[O-])c2cccc(c2)-c2cc(F)ccc2N1. The lowest BCUT2D eigenvalue weighted by Crippen LogP contribution is -2.33. The summed E-state index contributed by atoms with van der Waals surface area (Å²) >= 11 is 5.95. The first-order chi connectivity index (χ1) is 19.9. The fourth-order valence-corrected chi connectivity index (χ4v) is 5.47. The average Bonchev–Trinajstić information content (AvgIpc) is 3.40. The number of benzene rings is 3. The fraction of sp³-hybridized carbons (Fsp3) is 0.161. The maximum Gasteiger partial charge on any atom is 0.224 e. The summed E-state index contributed by atoms with van der Waals surface area (Å²) in [6.45, 7) is 0. The second-order valence-electron chi connectivity index (χ2n) is 9.98. The van der Waals surface area contributed by atoms with Gasteiger partial charge in [-0.2, -0.15) is 4.73 Å². The van der Waals surface area contributed by atoms with Gasteiger partial charge in [0.05, 0.1) is 17.8 Å². The Morgan fingerprint density at radius 3 is 2.54 bits per heavy atom. The van der Waals surface area contributed by atoms with Crippen molar-refractivity contribution >= 4 is 23.2 Å². The van der Waals surface area contributed by atoms with E-state index in [4.69, 9.17) is 11.6 Å². The number of nitrogens with one attached hydrogen (secondary N) is 1. The van der Waals surface area contributed by atoms with Crippen molar-refractivity contribution in [3.05, 3.63) is 118 Å². The van der Waals surface area contributed by atoms with Crippen molar-refractivity contribution in [2.45, 2.75) is 31.6 Å². The maximum atomic E-state index is 14.3. The summed E-state index contributed by atoms with van der Waals surface area (Å²) in [5.74, 6) is -1.31. The number of anilines is 1. The first-order valence-electron chi connectivity index (χ1n) is 13.2. The second-order valence-corrected chi connectivity index (χ2v) is 10.4. The van der Waals surface area contributed by atoms with E-state index in [1.165, 1.54) is 41.3 Å². The van der Waals surface area contributed by atoms with Gasteiger partial charge < -0.3 is 10.5 Å². The van der Waals surface area contributed by atoms with Crippen LogP contribution >= 0.6 is 11.6 Å². The van der Waals surface area contributed by atoms with E-state index < -0.39 is 11.6 Å². The number of nitrogens with zero attached hydrogens (tertiary/aromatic N) is 4.